The highest BCUT2D eigenvalue weighted by molar-refractivity contribution is 7.21. The van der Waals surface area contributed by atoms with E-state index in [9.17, 15) is 9.18 Å². The van der Waals surface area contributed by atoms with E-state index in [1.807, 2.05) is 0 Å². The molecule has 3 nitrogen and oxygen atoms in total. The van der Waals surface area contributed by atoms with Crippen LogP contribution in [0.5, 0.6) is 0 Å². The Balaban J connectivity index is 1.74. The van der Waals surface area contributed by atoms with Gasteiger partial charge in [0.05, 0.1) is 24.4 Å². The number of nitrogens with zero attached hydrogens (tertiary/aromatic N) is 1. The highest BCUT2D eigenvalue weighted by Crippen LogP contribution is 2.38. The highest BCUT2D eigenvalue weighted by Gasteiger charge is 2.25. The zero-order valence-electron chi connectivity index (χ0n) is 14.8. The molecule has 1 amide bonds. The summed E-state index contributed by atoms with van der Waals surface area (Å²) in [5.74, 6) is -0.266. The quantitative estimate of drug-likeness (QED) is 0.305. The summed E-state index contributed by atoms with van der Waals surface area (Å²) in [6.45, 7) is 0.109. The third-order valence-corrected chi connectivity index (χ3v) is 6.64. The van der Waals surface area contributed by atoms with Gasteiger partial charge in [0.25, 0.3) is 5.91 Å². The van der Waals surface area contributed by atoms with E-state index in [-0.39, 0.29) is 29.6 Å². The van der Waals surface area contributed by atoms with Gasteiger partial charge in [-0.15, -0.1) is 11.3 Å². The lowest BCUT2D eigenvalue weighted by atomic mass is 10.2. The molecule has 0 saturated carbocycles. The molecule has 2 aromatic heterocycles. The highest BCUT2D eigenvalue weighted by atomic mass is 35.5. The van der Waals surface area contributed by atoms with Gasteiger partial charge in [-0.3, -0.25) is 4.79 Å². The van der Waals surface area contributed by atoms with Crippen LogP contribution in [0.25, 0.3) is 10.1 Å². The maximum atomic E-state index is 14.4. The second kappa shape index (κ2) is 8.36. The number of hydrogen-bond donors (Lipinski definition) is 0. The van der Waals surface area contributed by atoms with Gasteiger partial charge in [0.1, 0.15) is 16.5 Å². The van der Waals surface area contributed by atoms with Crippen molar-refractivity contribution in [3.05, 3.63) is 91.9 Å². The minimum atomic E-state index is -0.482. The molecule has 0 spiro atoms. The third-order valence-electron chi connectivity index (χ3n) is 4.41. The van der Waals surface area contributed by atoms with Crippen LogP contribution in [0.4, 0.5) is 4.39 Å². The molecule has 4 rings (SSSR count). The largest absolute Gasteiger partial charge is 0.467 e. The lowest BCUT2D eigenvalue weighted by Gasteiger charge is -2.22. The predicted octanol–water partition coefficient (Wildman–Crippen LogP) is 7.44. The fourth-order valence-corrected chi connectivity index (χ4v) is 4.96. The average molecular weight is 469 g/mol. The minimum Gasteiger partial charge on any atom is -0.467 e. The fraction of sp³-hybridized carbons (Fsp3) is 0.0952. The van der Waals surface area contributed by atoms with Crippen molar-refractivity contribution in [2.75, 3.05) is 0 Å². The number of carbonyl (C=O) groups is 1. The zero-order chi connectivity index (χ0) is 20.5. The first-order valence-corrected chi connectivity index (χ1v) is 10.5. The van der Waals surface area contributed by atoms with E-state index in [1.165, 1.54) is 34.6 Å². The van der Waals surface area contributed by atoms with Crippen molar-refractivity contribution in [3.63, 3.8) is 0 Å². The van der Waals surface area contributed by atoms with Crippen LogP contribution in [0.3, 0.4) is 0 Å². The molecule has 0 radical (unpaired) electrons. The van der Waals surface area contributed by atoms with Crippen molar-refractivity contribution < 1.29 is 13.6 Å². The number of fused-ring (bicyclic) bond motifs is 1. The molecule has 8 heteroatoms. The molecule has 0 aliphatic heterocycles. The first kappa shape index (κ1) is 20.2. The molecule has 0 atom stereocenters. The first-order chi connectivity index (χ1) is 13.9. The average Bonchev–Trinajstić information content (AvgIpc) is 3.31. The van der Waals surface area contributed by atoms with Crippen LogP contribution in [0, 0.1) is 5.82 Å². The number of benzene rings is 2. The summed E-state index contributed by atoms with van der Waals surface area (Å²) in [4.78, 5) is 15.2. The number of amides is 1. The van der Waals surface area contributed by atoms with Crippen molar-refractivity contribution in [2.45, 2.75) is 13.1 Å². The summed E-state index contributed by atoms with van der Waals surface area (Å²) >= 11 is 20.0. The zero-order valence-corrected chi connectivity index (χ0v) is 17.9. The number of carbonyl (C=O) groups excluding carboxylic acids is 1. The molecule has 0 unspecified atom stereocenters. The molecule has 0 fully saturated rings. The van der Waals surface area contributed by atoms with Gasteiger partial charge in [-0.1, -0.05) is 46.9 Å². The maximum Gasteiger partial charge on any atom is 0.266 e. The number of thiophene rings is 1. The smallest absolute Gasteiger partial charge is 0.266 e. The molecule has 4 aromatic rings. The van der Waals surface area contributed by atoms with Crippen LogP contribution in [-0.2, 0) is 13.1 Å². The van der Waals surface area contributed by atoms with Gasteiger partial charge in [-0.05, 0) is 36.4 Å². The predicted molar refractivity (Wildman–Crippen MR) is 116 cm³/mol. The number of hydrogen-bond acceptors (Lipinski definition) is 3. The van der Waals surface area contributed by atoms with Crippen LogP contribution >= 0.6 is 46.1 Å². The van der Waals surface area contributed by atoms with Crippen LogP contribution in [0.1, 0.15) is 21.0 Å². The van der Waals surface area contributed by atoms with Gasteiger partial charge in [-0.25, -0.2) is 4.39 Å². The van der Waals surface area contributed by atoms with E-state index in [0.29, 0.717) is 20.7 Å². The Labute approximate surface area is 185 Å². The molecule has 0 N–H and O–H groups in total. The van der Waals surface area contributed by atoms with Gasteiger partial charge in [-0.2, -0.15) is 0 Å². The van der Waals surface area contributed by atoms with E-state index < -0.39 is 5.82 Å². The number of halogens is 4. The second-order valence-electron chi connectivity index (χ2n) is 6.33. The molecule has 148 valence electrons. The van der Waals surface area contributed by atoms with Gasteiger partial charge in [0.15, 0.2) is 0 Å². The summed E-state index contributed by atoms with van der Waals surface area (Å²) in [6.07, 6.45) is 1.52. The molecule has 2 heterocycles. The molecule has 2 aromatic carbocycles. The van der Waals surface area contributed by atoms with Crippen LogP contribution in [0.15, 0.2) is 59.2 Å². The van der Waals surface area contributed by atoms with Gasteiger partial charge in [0, 0.05) is 25.7 Å². The minimum absolute atomic E-state index is 0.0314. The Hall–Kier alpha value is -2.05. The Morgan fingerprint density at radius 3 is 2.62 bits per heavy atom. The molecular formula is C21H13Cl3FNO2S. The van der Waals surface area contributed by atoms with Crippen molar-refractivity contribution in [3.8, 4) is 0 Å². The van der Waals surface area contributed by atoms with Gasteiger partial charge < -0.3 is 9.32 Å². The van der Waals surface area contributed by atoms with Gasteiger partial charge >= 0.3 is 0 Å². The van der Waals surface area contributed by atoms with Crippen molar-refractivity contribution in [1.82, 2.24) is 4.90 Å². The number of furan rings is 1. The van der Waals surface area contributed by atoms with E-state index in [0.717, 1.165) is 10.1 Å². The third kappa shape index (κ3) is 4.14. The molecule has 0 saturated heterocycles. The van der Waals surface area contributed by atoms with Crippen LogP contribution < -0.4 is 0 Å². The lowest BCUT2D eigenvalue weighted by Crippen LogP contribution is -2.30. The summed E-state index contributed by atoms with van der Waals surface area (Å²) in [6, 6.07) is 13.1. The Bertz CT molecular complexity index is 1170. The van der Waals surface area contributed by atoms with Crippen molar-refractivity contribution in [1.29, 1.82) is 0 Å². The molecule has 29 heavy (non-hydrogen) atoms. The van der Waals surface area contributed by atoms with Gasteiger partial charge in [0.2, 0.25) is 0 Å². The Morgan fingerprint density at radius 1 is 1.07 bits per heavy atom. The summed E-state index contributed by atoms with van der Waals surface area (Å²) in [7, 11) is 0. The fourth-order valence-electron chi connectivity index (χ4n) is 2.98. The number of rotatable bonds is 5. The Kier molecular flexibility index (Phi) is 5.83. The standard InChI is InChI=1S/C21H13Cl3FNO2S/c22-12-6-7-14-18(9-12)29-20(19(14)24)21(27)26(10-13-3-2-8-28-13)11-15-16(23)4-1-5-17(15)25/h1-9H,10-11H2. The summed E-state index contributed by atoms with van der Waals surface area (Å²) in [5, 5.41) is 1.89. The lowest BCUT2D eigenvalue weighted by molar-refractivity contribution is 0.0721. The van der Waals surface area contributed by atoms with E-state index in [2.05, 4.69) is 0 Å². The van der Waals surface area contributed by atoms with Crippen molar-refractivity contribution >= 4 is 62.1 Å². The molecule has 0 aliphatic carbocycles. The molecule has 0 bridgehead atoms. The normalized spacial score (nSPS) is 11.2. The molecule has 0 aliphatic rings. The summed E-state index contributed by atoms with van der Waals surface area (Å²) in [5.41, 5.74) is 0.231. The SMILES string of the molecule is O=C(c1sc2cc(Cl)ccc2c1Cl)N(Cc1ccco1)Cc1c(F)cccc1Cl. The topological polar surface area (TPSA) is 33.5 Å². The van der Waals surface area contributed by atoms with Crippen LogP contribution in [-0.4, -0.2) is 10.8 Å². The molecular weight excluding hydrogens is 456 g/mol. The second-order valence-corrected chi connectivity index (χ2v) is 8.60. The Morgan fingerprint density at radius 2 is 1.90 bits per heavy atom. The van der Waals surface area contributed by atoms with E-state index in [4.69, 9.17) is 39.2 Å². The van der Waals surface area contributed by atoms with Crippen LogP contribution in [0.2, 0.25) is 15.1 Å². The summed E-state index contributed by atoms with van der Waals surface area (Å²) < 4.78 is 20.5. The van der Waals surface area contributed by atoms with E-state index in [1.54, 1.807) is 36.4 Å². The maximum absolute atomic E-state index is 14.4. The monoisotopic (exact) mass is 467 g/mol. The van der Waals surface area contributed by atoms with E-state index >= 15 is 0 Å². The first-order valence-electron chi connectivity index (χ1n) is 8.56. The van der Waals surface area contributed by atoms with Crippen molar-refractivity contribution in [2.24, 2.45) is 0 Å².